The van der Waals surface area contributed by atoms with Gasteiger partial charge in [-0.15, -0.1) is 0 Å². The SMILES string of the molecule is Cc1cc(=O)c(OCc2ccn(C3CCCC3)n2)co1. The van der Waals surface area contributed by atoms with E-state index in [9.17, 15) is 4.79 Å². The zero-order valence-electron chi connectivity index (χ0n) is 11.5. The number of rotatable bonds is 4. The Labute approximate surface area is 117 Å². The van der Waals surface area contributed by atoms with Gasteiger partial charge in [0.15, 0.2) is 0 Å². The minimum atomic E-state index is -0.163. The van der Waals surface area contributed by atoms with Crippen LogP contribution in [0.3, 0.4) is 0 Å². The summed E-state index contributed by atoms with van der Waals surface area (Å²) in [6, 6.07) is 3.88. The van der Waals surface area contributed by atoms with Gasteiger partial charge in [-0.2, -0.15) is 5.10 Å². The van der Waals surface area contributed by atoms with Crippen molar-refractivity contribution in [3.8, 4) is 5.75 Å². The first-order valence-corrected chi connectivity index (χ1v) is 6.98. The Morgan fingerprint density at radius 1 is 1.45 bits per heavy atom. The minimum absolute atomic E-state index is 0.163. The zero-order chi connectivity index (χ0) is 13.9. The third kappa shape index (κ3) is 2.76. The fraction of sp³-hybridized carbons (Fsp3) is 0.467. The van der Waals surface area contributed by atoms with Crippen molar-refractivity contribution in [1.29, 1.82) is 0 Å². The second-order valence-corrected chi connectivity index (χ2v) is 5.23. The first-order chi connectivity index (χ1) is 9.72. The molecule has 0 amide bonds. The number of nitrogens with zero attached hydrogens (tertiary/aromatic N) is 2. The van der Waals surface area contributed by atoms with Gasteiger partial charge in [-0.1, -0.05) is 12.8 Å². The summed E-state index contributed by atoms with van der Waals surface area (Å²) in [7, 11) is 0. The van der Waals surface area contributed by atoms with Gasteiger partial charge in [0.2, 0.25) is 11.2 Å². The predicted octanol–water partition coefficient (Wildman–Crippen LogP) is 2.84. The van der Waals surface area contributed by atoms with Crippen molar-refractivity contribution < 1.29 is 9.15 Å². The van der Waals surface area contributed by atoms with E-state index in [2.05, 4.69) is 5.10 Å². The molecule has 2 heterocycles. The van der Waals surface area contributed by atoms with Crippen LogP contribution in [-0.4, -0.2) is 9.78 Å². The molecule has 0 aromatic carbocycles. The van der Waals surface area contributed by atoms with Gasteiger partial charge in [0, 0.05) is 12.3 Å². The molecule has 0 N–H and O–H groups in total. The lowest BCUT2D eigenvalue weighted by atomic mass is 10.3. The molecule has 1 saturated carbocycles. The number of hydrogen-bond donors (Lipinski definition) is 0. The highest BCUT2D eigenvalue weighted by atomic mass is 16.5. The Morgan fingerprint density at radius 3 is 3.00 bits per heavy atom. The zero-order valence-corrected chi connectivity index (χ0v) is 11.5. The Kier molecular flexibility index (Phi) is 3.58. The summed E-state index contributed by atoms with van der Waals surface area (Å²) >= 11 is 0. The van der Waals surface area contributed by atoms with E-state index < -0.39 is 0 Å². The summed E-state index contributed by atoms with van der Waals surface area (Å²) in [5.74, 6) is 0.805. The summed E-state index contributed by atoms with van der Waals surface area (Å²) in [5.41, 5.74) is 0.667. The van der Waals surface area contributed by atoms with Crippen LogP contribution in [0.1, 0.15) is 43.2 Å². The van der Waals surface area contributed by atoms with Crippen LogP contribution in [0.25, 0.3) is 0 Å². The van der Waals surface area contributed by atoms with E-state index in [0.29, 0.717) is 11.8 Å². The Hall–Kier alpha value is -2.04. The third-order valence-electron chi connectivity index (χ3n) is 3.67. The number of aryl methyl sites for hydroxylation is 1. The monoisotopic (exact) mass is 274 g/mol. The van der Waals surface area contributed by atoms with Crippen LogP contribution >= 0.6 is 0 Å². The van der Waals surface area contributed by atoms with Crippen LogP contribution in [0.4, 0.5) is 0 Å². The molecule has 3 rings (SSSR count). The highest BCUT2D eigenvalue weighted by molar-refractivity contribution is 5.17. The second kappa shape index (κ2) is 5.53. The van der Waals surface area contributed by atoms with E-state index >= 15 is 0 Å². The summed E-state index contributed by atoms with van der Waals surface area (Å²) in [6.45, 7) is 2.02. The van der Waals surface area contributed by atoms with Gasteiger partial charge < -0.3 is 9.15 Å². The van der Waals surface area contributed by atoms with Crippen LogP contribution in [0.2, 0.25) is 0 Å². The lowest BCUT2D eigenvalue weighted by Crippen LogP contribution is -2.09. The molecule has 0 atom stereocenters. The molecule has 1 aliphatic rings. The average molecular weight is 274 g/mol. The van der Waals surface area contributed by atoms with E-state index in [0.717, 1.165) is 5.69 Å². The fourth-order valence-corrected chi connectivity index (χ4v) is 2.58. The van der Waals surface area contributed by atoms with Gasteiger partial charge in [0.25, 0.3) is 0 Å². The maximum atomic E-state index is 11.7. The van der Waals surface area contributed by atoms with Gasteiger partial charge in [0.1, 0.15) is 18.6 Å². The third-order valence-corrected chi connectivity index (χ3v) is 3.67. The molecule has 2 aromatic heterocycles. The van der Waals surface area contributed by atoms with Crippen LogP contribution < -0.4 is 10.2 Å². The highest BCUT2D eigenvalue weighted by Gasteiger charge is 2.17. The molecule has 1 aliphatic carbocycles. The van der Waals surface area contributed by atoms with Crippen LogP contribution in [-0.2, 0) is 6.61 Å². The van der Waals surface area contributed by atoms with Gasteiger partial charge in [0.05, 0.1) is 11.7 Å². The van der Waals surface area contributed by atoms with Crippen LogP contribution in [0.5, 0.6) is 5.75 Å². The predicted molar refractivity (Wildman–Crippen MR) is 73.8 cm³/mol. The molecule has 0 saturated heterocycles. The molecule has 2 aromatic rings. The topological polar surface area (TPSA) is 57.3 Å². The van der Waals surface area contributed by atoms with Crippen molar-refractivity contribution in [2.24, 2.45) is 0 Å². The van der Waals surface area contributed by atoms with Gasteiger partial charge >= 0.3 is 0 Å². The van der Waals surface area contributed by atoms with Gasteiger partial charge in [-0.05, 0) is 25.8 Å². The van der Waals surface area contributed by atoms with E-state index in [-0.39, 0.29) is 17.8 Å². The molecule has 20 heavy (non-hydrogen) atoms. The number of hydrogen-bond acceptors (Lipinski definition) is 4. The van der Waals surface area contributed by atoms with E-state index in [1.54, 1.807) is 6.92 Å². The van der Waals surface area contributed by atoms with Crippen LogP contribution in [0, 0.1) is 6.92 Å². The van der Waals surface area contributed by atoms with E-state index in [1.165, 1.54) is 38.0 Å². The standard InChI is InChI=1S/C15H18N2O3/c1-11-8-14(18)15(10-19-11)20-9-12-6-7-17(16-12)13-4-2-3-5-13/h6-8,10,13H,2-5,9H2,1H3. The molecule has 5 heteroatoms. The first kappa shape index (κ1) is 13.0. The van der Waals surface area contributed by atoms with Crippen molar-refractivity contribution >= 4 is 0 Å². The minimum Gasteiger partial charge on any atom is -0.480 e. The largest absolute Gasteiger partial charge is 0.480 e. The highest BCUT2D eigenvalue weighted by Crippen LogP contribution is 2.28. The quantitative estimate of drug-likeness (QED) is 0.860. The lowest BCUT2D eigenvalue weighted by Gasteiger charge is -2.09. The van der Waals surface area contributed by atoms with E-state index in [4.69, 9.17) is 9.15 Å². The Morgan fingerprint density at radius 2 is 2.25 bits per heavy atom. The molecule has 0 unspecified atom stereocenters. The van der Waals surface area contributed by atoms with Crippen molar-refractivity contribution in [3.63, 3.8) is 0 Å². The van der Waals surface area contributed by atoms with Crippen molar-refractivity contribution in [2.45, 2.75) is 45.3 Å². The molecule has 1 fully saturated rings. The first-order valence-electron chi connectivity index (χ1n) is 6.98. The maximum absolute atomic E-state index is 11.7. The summed E-state index contributed by atoms with van der Waals surface area (Å²) in [4.78, 5) is 11.7. The molecular formula is C15H18N2O3. The fourth-order valence-electron chi connectivity index (χ4n) is 2.58. The van der Waals surface area contributed by atoms with Gasteiger partial charge in [-0.3, -0.25) is 9.48 Å². The summed E-state index contributed by atoms with van der Waals surface area (Å²) in [6.07, 6.45) is 8.30. The second-order valence-electron chi connectivity index (χ2n) is 5.23. The van der Waals surface area contributed by atoms with Crippen LogP contribution in [0.15, 0.2) is 33.8 Å². The molecule has 0 aliphatic heterocycles. The van der Waals surface area contributed by atoms with E-state index in [1.807, 2.05) is 16.9 Å². The lowest BCUT2D eigenvalue weighted by molar-refractivity contribution is 0.283. The Bertz CT molecular complexity index is 639. The maximum Gasteiger partial charge on any atom is 0.226 e. The van der Waals surface area contributed by atoms with Gasteiger partial charge in [-0.25, -0.2) is 0 Å². The molecular weight excluding hydrogens is 256 g/mol. The molecule has 0 spiro atoms. The summed E-state index contributed by atoms with van der Waals surface area (Å²) in [5, 5.41) is 4.51. The Balaban J connectivity index is 1.65. The molecule has 106 valence electrons. The molecule has 0 bridgehead atoms. The normalized spacial score (nSPS) is 15.7. The molecule has 0 radical (unpaired) electrons. The molecule has 5 nitrogen and oxygen atoms in total. The number of aromatic nitrogens is 2. The average Bonchev–Trinajstić information content (AvgIpc) is 3.08. The van der Waals surface area contributed by atoms with Crippen molar-refractivity contribution in [2.75, 3.05) is 0 Å². The van der Waals surface area contributed by atoms with Crippen molar-refractivity contribution in [1.82, 2.24) is 9.78 Å². The smallest absolute Gasteiger partial charge is 0.226 e. The van der Waals surface area contributed by atoms with Crippen molar-refractivity contribution in [3.05, 3.63) is 46.3 Å². The number of ether oxygens (including phenoxy) is 1. The summed E-state index contributed by atoms with van der Waals surface area (Å²) < 4.78 is 12.7.